The van der Waals surface area contributed by atoms with Crippen LogP contribution in [0.1, 0.15) is 11.1 Å². The van der Waals surface area contributed by atoms with Crippen LogP contribution in [0.3, 0.4) is 0 Å². The van der Waals surface area contributed by atoms with Crippen molar-refractivity contribution in [3.63, 3.8) is 0 Å². The van der Waals surface area contributed by atoms with Crippen LogP contribution in [0, 0.1) is 25.5 Å². The molecule has 0 saturated carbocycles. The van der Waals surface area contributed by atoms with E-state index in [2.05, 4.69) is 0 Å². The minimum absolute atomic E-state index is 0.00395. The zero-order valence-corrected chi connectivity index (χ0v) is 11.8. The molecule has 2 aromatic carbocycles. The third-order valence-corrected chi connectivity index (χ3v) is 4.32. The van der Waals surface area contributed by atoms with Crippen LogP contribution in [0.5, 0.6) is 0 Å². The third kappa shape index (κ3) is 2.96. The van der Waals surface area contributed by atoms with Crippen LogP contribution < -0.4 is 4.72 Å². The van der Waals surface area contributed by atoms with Crippen LogP contribution in [0.25, 0.3) is 0 Å². The average Bonchev–Trinajstić information content (AvgIpc) is 2.36. The average molecular weight is 297 g/mol. The number of rotatable bonds is 3. The number of nitrogens with one attached hydrogen (secondary N) is 1. The highest BCUT2D eigenvalue weighted by Crippen LogP contribution is 2.21. The summed E-state index contributed by atoms with van der Waals surface area (Å²) in [6.45, 7) is 3.63. The Morgan fingerprint density at radius 3 is 2.30 bits per heavy atom. The molecule has 0 spiro atoms. The maximum absolute atomic E-state index is 13.5. The van der Waals surface area contributed by atoms with Gasteiger partial charge in [0.1, 0.15) is 11.6 Å². The largest absolute Gasteiger partial charge is 0.277 e. The maximum atomic E-state index is 13.5. The van der Waals surface area contributed by atoms with Gasteiger partial charge < -0.3 is 0 Å². The van der Waals surface area contributed by atoms with Crippen molar-refractivity contribution < 1.29 is 17.2 Å². The molecule has 106 valence electrons. The van der Waals surface area contributed by atoms with Gasteiger partial charge in [-0.25, -0.2) is 17.2 Å². The maximum Gasteiger partial charge on any atom is 0.261 e. The number of benzene rings is 2. The fourth-order valence-corrected chi connectivity index (χ4v) is 2.80. The highest BCUT2D eigenvalue weighted by molar-refractivity contribution is 7.92. The molecule has 0 unspecified atom stereocenters. The second-order valence-corrected chi connectivity index (χ2v) is 6.16. The molecular weight excluding hydrogens is 284 g/mol. The fourth-order valence-electron chi connectivity index (χ4n) is 1.66. The van der Waals surface area contributed by atoms with E-state index in [9.17, 15) is 17.2 Å². The zero-order valence-electron chi connectivity index (χ0n) is 10.9. The van der Waals surface area contributed by atoms with Crippen molar-refractivity contribution >= 4 is 15.7 Å². The first-order chi connectivity index (χ1) is 9.29. The van der Waals surface area contributed by atoms with Crippen molar-refractivity contribution in [1.29, 1.82) is 0 Å². The van der Waals surface area contributed by atoms with Gasteiger partial charge in [0.25, 0.3) is 10.0 Å². The predicted octanol–water partition coefficient (Wildman–Crippen LogP) is 3.38. The van der Waals surface area contributed by atoms with Gasteiger partial charge in [-0.05, 0) is 49.2 Å². The molecule has 0 aliphatic heterocycles. The standard InChI is InChI=1S/C14H13F2NO2S/c1-9-3-5-12(7-10(9)2)20(18,19)17-14-8-11(15)4-6-13(14)16/h3-8,17H,1-2H3. The summed E-state index contributed by atoms with van der Waals surface area (Å²) in [4.78, 5) is 0.00395. The molecule has 20 heavy (non-hydrogen) atoms. The molecule has 0 aliphatic carbocycles. The van der Waals surface area contributed by atoms with E-state index in [1.165, 1.54) is 12.1 Å². The Hall–Kier alpha value is -1.95. The van der Waals surface area contributed by atoms with Gasteiger partial charge in [0, 0.05) is 6.07 Å². The second-order valence-electron chi connectivity index (χ2n) is 4.48. The molecule has 0 atom stereocenters. The lowest BCUT2D eigenvalue weighted by Crippen LogP contribution is -2.14. The summed E-state index contributed by atoms with van der Waals surface area (Å²) >= 11 is 0. The van der Waals surface area contributed by atoms with E-state index in [-0.39, 0.29) is 4.90 Å². The Morgan fingerprint density at radius 1 is 0.950 bits per heavy atom. The molecule has 0 amide bonds. The van der Waals surface area contributed by atoms with Gasteiger partial charge in [-0.1, -0.05) is 6.07 Å². The first-order valence-electron chi connectivity index (χ1n) is 5.85. The summed E-state index contributed by atoms with van der Waals surface area (Å²) in [5.41, 5.74) is 1.33. The van der Waals surface area contributed by atoms with Crippen LogP contribution in [0.2, 0.25) is 0 Å². The number of aryl methyl sites for hydroxylation is 2. The van der Waals surface area contributed by atoms with Gasteiger partial charge in [0.15, 0.2) is 0 Å². The van der Waals surface area contributed by atoms with E-state index in [4.69, 9.17) is 0 Å². The lowest BCUT2D eigenvalue weighted by molar-refractivity contribution is 0.594. The summed E-state index contributed by atoms with van der Waals surface area (Å²) in [5.74, 6) is -1.55. The van der Waals surface area contributed by atoms with Gasteiger partial charge >= 0.3 is 0 Å². The number of hydrogen-bond donors (Lipinski definition) is 1. The SMILES string of the molecule is Cc1ccc(S(=O)(=O)Nc2cc(F)ccc2F)cc1C. The van der Waals surface area contributed by atoms with Gasteiger partial charge in [-0.2, -0.15) is 0 Å². The normalized spacial score (nSPS) is 11.4. The minimum atomic E-state index is -3.95. The van der Waals surface area contributed by atoms with Crippen LogP contribution in [0.15, 0.2) is 41.3 Å². The molecular formula is C14H13F2NO2S. The highest BCUT2D eigenvalue weighted by atomic mass is 32.2. The van der Waals surface area contributed by atoms with Gasteiger partial charge in [0.2, 0.25) is 0 Å². The van der Waals surface area contributed by atoms with Gasteiger partial charge in [-0.3, -0.25) is 4.72 Å². The fraction of sp³-hybridized carbons (Fsp3) is 0.143. The minimum Gasteiger partial charge on any atom is -0.277 e. The van der Waals surface area contributed by atoms with Crippen molar-refractivity contribution in [2.24, 2.45) is 0 Å². The molecule has 1 N–H and O–H groups in total. The Labute approximate surface area is 116 Å². The van der Waals surface area contributed by atoms with E-state index in [1.807, 2.05) is 11.6 Å². The molecule has 0 aliphatic rings. The molecule has 0 aromatic heterocycles. The number of sulfonamides is 1. The third-order valence-electron chi connectivity index (χ3n) is 2.96. The molecule has 0 bridgehead atoms. The molecule has 2 aromatic rings. The van der Waals surface area contributed by atoms with E-state index in [0.29, 0.717) is 0 Å². The van der Waals surface area contributed by atoms with Gasteiger partial charge in [0.05, 0.1) is 10.6 Å². The zero-order chi connectivity index (χ0) is 14.9. The lowest BCUT2D eigenvalue weighted by atomic mass is 10.1. The van der Waals surface area contributed by atoms with Crippen LogP contribution in [-0.4, -0.2) is 8.42 Å². The summed E-state index contributed by atoms with van der Waals surface area (Å²) in [5, 5.41) is 0. The smallest absolute Gasteiger partial charge is 0.261 e. The van der Waals surface area contributed by atoms with Gasteiger partial charge in [-0.15, -0.1) is 0 Å². The first kappa shape index (κ1) is 14.5. The van der Waals surface area contributed by atoms with E-state index < -0.39 is 27.3 Å². The summed E-state index contributed by atoms with van der Waals surface area (Å²) in [7, 11) is -3.95. The summed E-state index contributed by atoms with van der Waals surface area (Å²) in [6.07, 6.45) is 0. The monoisotopic (exact) mass is 297 g/mol. The molecule has 0 radical (unpaired) electrons. The lowest BCUT2D eigenvalue weighted by Gasteiger charge is -2.10. The van der Waals surface area contributed by atoms with Crippen molar-refractivity contribution in [2.45, 2.75) is 18.7 Å². The molecule has 0 saturated heterocycles. The first-order valence-corrected chi connectivity index (χ1v) is 7.33. The molecule has 2 rings (SSSR count). The molecule has 0 heterocycles. The molecule has 3 nitrogen and oxygen atoms in total. The van der Waals surface area contributed by atoms with Crippen LogP contribution >= 0.6 is 0 Å². The Balaban J connectivity index is 2.40. The van der Waals surface area contributed by atoms with Crippen molar-refractivity contribution in [3.05, 3.63) is 59.2 Å². The highest BCUT2D eigenvalue weighted by Gasteiger charge is 2.17. The number of hydrogen-bond acceptors (Lipinski definition) is 2. The number of halogens is 2. The molecule has 6 heteroatoms. The summed E-state index contributed by atoms with van der Waals surface area (Å²) in [6, 6.07) is 7.15. The second kappa shape index (κ2) is 5.20. The van der Waals surface area contributed by atoms with E-state index in [0.717, 1.165) is 29.3 Å². The van der Waals surface area contributed by atoms with E-state index >= 15 is 0 Å². The van der Waals surface area contributed by atoms with Crippen LogP contribution in [-0.2, 0) is 10.0 Å². The Bertz CT molecular complexity index is 758. The number of anilines is 1. The van der Waals surface area contributed by atoms with Crippen molar-refractivity contribution in [2.75, 3.05) is 4.72 Å². The molecule has 0 fully saturated rings. The predicted molar refractivity (Wildman–Crippen MR) is 73.1 cm³/mol. The van der Waals surface area contributed by atoms with Crippen LogP contribution in [0.4, 0.5) is 14.5 Å². The quantitative estimate of drug-likeness (QED) is 0.944. The Kier molecular flexibility index (Phi) is 3.76. The van der Waals surface area contributed by atoms with Crippen molar-refractivity contribution in [1.82, 2.24) is 0 Å². The topological polar surface area (TPSA) is 46.2 Å². The summed E-state index contributed by atoms with van der Waals surface area (Å²) < 4.78 is 52.8. The Morgan fingerprint density at radius 2 is 1.65 bits per heavy atom. The van der Waals surface area contributed by atoms with E-state index in [1.54, 1.807) is 13.0 Å². The van der Waals surface area contributed by atoms with Crippen molar-refractivity contribution in [3.8, 4) is 0 Å².